The second-order valence-corrected chi connectivity index (χ2v) is 2.41. The van der Waals surface area contributed by atoms with Crippen LogP contribution >= 0.6 is 12.2 Å². The quantitative estimate of drug-likeness (QED) is 0.605. The highest BCUT2D eigenvalue weighted by molar-refractivity contribution is 7.80. The second-order valence-electron chi connectivity index (χ2n) is 1.99. The first-order valence-electron chi connectivity index (χ1n) is 3.00. The summed E-state index contributed by atoms with van der Waals surface area (Å²) in [6.45, 7) is 0. The van der Waals surface area contributed by atoms with Gasteiger partial charge in [0, 0.05) is 7.05 Å². The molecule has 5 heteroatoms. The first-order valence-corrected chi connectivity index (χ1v) is 3.41. The molecule has 0 saturated heterocycles. The maximum absolute atomic E-state index is 5.37. The molecule has 0 aliphatic rings. The summed E-state index contributed by atoms with van der Waals surface area (Å²) < 4.78 is 0. The Bertz CT molecular complexity index is 248. The fourth-order valence-electron chi connectivity index (χ4n) is 0.592. The average Bonchev–Trinajstić information content (AvgIpc) is 2.05. The lowest BCUT2D eigenvalue weighted by molar-refractivity contribution is 1.12. The van der Waals surface area contributed by atoms with Crippen molar-refractivity contribution < 1.29 is 0 Å². The van der Waals surface area contributed by atoms with Crippen molar-refractivity contribution in [3.63, 3.8) is 0 Å². The molecule has 0 aliphatic heterocycles. The van der Waals surface area contributed by atoms with Crippen LogP contribution in [0, 0.1) is 0 Å². The molecule has 58 valence electrons. The monoisotopic (exact) mass is 168 g/mol. The van der Waals surface area contributed by atoms with Crippen molar-refractivity contribution in [1.29, 1.82) is 0 Å². The SMILES string of the molecule is CN(C(N)=S)c1cncnc1. The lowest BCUT2D eigenvalue weighted by Gasteiger charge is -2.14. The van der Waals surface area contributed by atoms with Gasteiger partial charge in [0.2, 0.25) is 0 Å². The molecule has 0 aromatic carbocycles. The lowest BCUT2D eigenvalue weighted by Crippen LogP contribution is -2.31. The number of anilines is 1. The predicted octanol–water partition coefficient (Wildman–Crippen LogP) is 0.156. The Balaban J connectivity index is 2.85. The van der Waals surface area contributed by atoms with Crippen LogP contribution in [-0.4, -0.2) is 22.1 Å². The minimum atomic E-state index is 0.305. The van der Waals surface area contributed by atoms with Crippen LogP contribution in [0.25, 0.3) is 0 Å². The molecule has 0 spiro atoms. The molecule has 0 amide bonds. The van der Waals surface area contributed by atoms with E-state index in [9.17, 15) is 0 Å². The van der Waals surface area contributed by atoms with Crippen LogP contribution in [0.2, 0.25) is 0 Å². The normalized spacial score (nSPS) is 9.18. The van der Waals surface area contributed by atoms with Crippen LogP contribution < -0.4 is 10.6 Å². The van der Waals surface area contributed by atoms with Gasteiger partial charge in [-0.3, -0.25) is 0 Å². The molecule has 0 unspecified atom stereocenters. The van der Waals surface area contributed by atoms with Gasteiger partial charge in [-0.1, -0.05) is 0 Å². The fourth-order valence-corrected chi connectivity index (χ4v) is 0.697. The summed E-state index contributed by atoms with van der Waals surface area (Å²) in [6.07, 6.45) is 4.75. The lowest BCUT2D eigenvalue weighted by atomic mass is 10.5. The number of thiocarbonyl (C=S) groups is 1. The van der Waals surface area contributed by atoms with E-state index in [2.05, 4.69) is 9.97 Å². The van der Waals surface area contributed by atoms with Crippen molar-refractivity contribution in [2.75, 3.05) is 11.9 Å². The zero-order chi connectivity index (χ0) is 8.27. The van der Waals surface area contributed by atoms with E-state index in [-0.39, 0.29) is 0 Å². The molecule has 0 saturated carbocycles. The molecule has 0 bridgehead atoms. The van der Waals surface area contributed by atoms with E-state index in [1.165, 1.54) is 6.33 Å². The summed E-state index contributed by atoms with van der Waals surface area (Å²) >= 11 is 4.75. The summed E-state index contributed by atoms with van der Waals surface area (Å²) in [5, 5.41) is 0.305. The van der Waals surface area contributed by atoms with Crippen molar-refractivity contribution >= 4 is 23.0 Å². The van der Waals surface area contributed by atoms with Crippen molar-refractivity contribution in [2.24, 2.45) is 5.73 Å². The molecule has 1 rings (SSSR count). The Morgan fingerprint density at radius 3 is 2.55 bits per heavy atom. The third kappa shape index (κ3) is 1.84. The molecule has 0 fully saturated rings. The van der Waals surface area contributed by atoms with E-state index >= 15 is 0 Å². The molecular formula is C6H8N4S. The Hall–Kier alpha value is -1.23. The molecule has 0 atom stereocenters. The highest BCUT2D eigenvalue weighted by Gasteiger charge is 2.01. The van der Waals surface area contributed by atoms with Crippen LogP contribution in [-0.2, 0) is 0 Å². The zero-order valence-electron chi connectivity index (χ0n) is 6.06. The summed E-state index contributed by atoms with van der Waals surface area (Å²) in [5.74, 6) is 0. The first kappa shape index (κ1) is 7.87. The summed E-state index contributed by atoms with van der Waals surface area (Å²) in [6, 6.07) is 0. The van der Waals surface area contributed by atoms with Gasteiger partial charge >= 0.3 is 0 Å². The van der Waals surface area contributed by atoms with Crippen molar-refractivity contribution in [2.45, 2.75) is 0 Å². The summed E-state index contributed by atoms with van der Waals surface area (Å²) in [4.78, 5) is 9.27. The number of aromatic nitrogens is 2. The number of hydrogen-bond acceptors (Lipinski definition) is 3. The first-order chi connectivity index (χ1) is 5.22. The molecule has 0 aliphatic carbocycles. The summed E-state index contributed by atoms with van der Waals surface area (Å²) in [5.41, 5.74) is 6.16. The maximum atomic E-state index is 5.37. The zero-order valence-corrected chi connectivity index (χ0v) is 6.88. The van der Waals surface area contributed by atoms with Gasteiger partial charge in [0.25, 0.3) is 0 Å². The molecule has 4 nitrogen and oxygen atoms in total. The van der Waals surface area contributed by atoms with E-state index in [1.807, 2.05) is 0 Å². The Morgan fingerprint density at radius 2 is 2.09 bits per heavy atom. The number of hydrogen-bond donors (Lipinski definition) is 1. The highest BCUT2D eigenvalue weighted by atomic mass is 32.1. The minimum Gasteiger partial charge on any atom is -0.376 e. The van der Waals surface area contributed by atoms with Gasteiger partial charge < -0.3 is 10.6 Å². The third-order valence-electron chi connectivity index (χ3n) is 1.26. The van der Waals surface area contributed by atoms with Gasteiger partial charge in [0.1, 0.15) is 6.33 Å². The molecule has 0 radical (unpaired) electrons. The van der Waals surface area contributed by atoms with Crippen molar-refractivity contribution in [3.8, 4) is 0 Å². The van der Waals surface area contributed by atoms with E-state index in [0.29, 0.717) is 5.11 Å². The predicted molar refractivity (Wildman–Crippen MR) is 47.2 cm³/mol. The Morgan fingerprint density at radius 1 is 1.55 bits per heavy atom. The Kier molecular flexibility index (Phi) is 2.32. The van der Waals surface area contributed by atoms with Crippen LogP contribution in [0.15, 0.2) is 18.7 Å². The van der Waals surface area contributed by atoms with Gasteiger partial charge in [0.15, 0.2) is 5.11 Å². The molecule has 11 heavy (non-hydrogen) atoms. The van der Waals surface area contributed by atoms with Crippen LogP contribution in [0.1, 0.15) is 0 Å². The van der Waals surface area contributed by atoms with E-state index in [4.69, 9.17) is 18.0 Å². The minimum absolute atomic E-state index is 0.305. The largest absolute Gasteiger partial charge is 0.376 e. The van der Waals surface area contributed by atoms with Gasteiger partial charge in [-0.05, 0) is 12.2 Å². The van der Waals surface area contributed by atoms with Crippen LogP contribution in [0.5, 0.6) is 0 Å². The standard InChI is InChI=1S/C6H8N4S/c1-10(6(7)11)5-2-8-4-9-3-5/h2-4H,1H3,(H2,7,11). The van der Waals surface area contributed by atoms with Crippen LogP contribution in [0.4, 0.5) is 5.69 Å². The van der Waals surface area contributed by atoms with Gasteiger partial charge in [-0.25, -0.2) is 9.97 Å². The number of nitrogens with two attached hydrogens (primary N) is 1. The van der Waals surface area contributed by atoms with Crippen molar-refractivity contribution in [1.82, 2.24) is 9.97 Å². The Labute approximate surface area is 70.1 Å². The number of nitrogens with zero attached hydrogens (tertiary/aromatic N) is 3. The maximum Gasteiger partial charge on any atom is 0.170 e. The molecular weight excluding hydrogens is 160 g/mol. The third-order valence-corrected chi connectivity index (χ3v) is 1.54. The van der Waals surface area contributed by atoms with Crippen molar-refractivity contribution in [3.05, 3.63) is 18.7 Å². The van der Waals surface area contributed by atoms with E-state index in [1.54, 1.807) is 24.3 Å². The molecule has 1 heterocycles. The van der Waals surface area contributed by atoms with E-state index < -0.39 is 0 Å². The molecule has 1 aromatic rings. The van der Waals surface area contributed by atoms with Crippen LogP contribution in [0.3, 0.4) is 0 Å². The second kappa shape index (κ2) is 3.25. The van der Waals surface area contributed by atoms with E-state index in [0.717, 1.165) is 5.69 Å². The highest BCUT2D eigenvalue weighted by Crippen LogP contribution is 2.05. The van der Waals surface area contributed by atoms with Gasteiger partial charge in [-0.2, -0.15) is 0 Å². The fraction of sp³-hybridized carbons (Fsp3) is 0.167. The smallest absolute Gasteiger partial charge is 0.170 e. The average molecular weight is 168 g/mol. The topological polar surface area (TPSA) is 55.0 Å². The van der Waals surface area contributed by atoms with Gasteiger partial charge in [0.05, 0.1) is 18.1 Å². The number of rotatable bonds is 1. The molecule has 2 N–H and O–H groups in total. The molecule has 1 aromatic heterocycles. The summed E-state index contributed by atoms with van der Waals surface area (Å²) in [7, 11) is 1.76. The van der Waals surface area contributed by atoms with Gasteiger partial charge in [-0.15, -0.1) is 0 Å².